The molecule has 1 heterocycles. The number of aromatic nitrogens is 3. The highest BCUT2D eigenvalue weighted by Crippen LogP contribution is 2.24. The van der Waals surface area contributed by atoms with Gasteiger partial charge in [0.2, 0.25) is 0 Å². The topological polar surface area (TPSA) is 30.7 Å². The maximum Gasteiger partial charge on any atom is 0.191 e. The summed E-state index contributed by atoms with van der Waals surface area (Å²) in [5.41, 5.74) is 3.89. The highest BCUT2D eigenvalue weighted by Gasteiger charge is 2.14. The number of hydrogen-bond donors (Lipinski definition) is 0. The zero-order valence-corrected chi connectivity index (χ0v) is 16.0. The second-order valence-electron chi connectivity index (χ2n) is 6.84. The maximum absolute atomic E-state index is 4.48. The van der Waals surface area contributed by atoms with Gasteiger partial charge in [0.15, 0.2) is 5.16 Å². The van der Waals surface area contributed by atoms with Crippen molar-refractivity contribution in [1.29, 1.82) is 0 Å². The third kappa shape index (κ3) is 4.95. The zero-order chi connectivity index (χ0) is 17.6. The summed E-state index contributed by atoms with van der Waals surface area (Å²) in [5, 5.41) is 9.97. The van der Waals surface area contributed by atoms with Gasteiger partial charge >= 0.3 is 0 Å². The van der Waals surface area contributed by atoms with Crippen LogP contribution in [0.4, 0.5) is 0 Å². The monoisotopic (exact) mass is 351 g/mol. The molecule has 0 aliphatic rings. The van der Waals surface area contributed by atoms with Crippen LogP contribution in [0.1, 0.15) is 36.4 Å². The van der Waals surface area contributed by atoms with E-state index in [0.29, 0.717) is 5.92 Å². The third-order valence-corrected chi connectivity index (χ3v) is 5.07. The van der Waals surface area contributed by atoms with Crippen LogP contribution in [0.25, 0.3) is 0 Å². The summed E-state index contributed by atoms with van der Waals surface area (Å²) < 4.78 is 2.29. The predicted octanol–water partition coefficient (Wildman–Crippen LogP) is 5.13. The first kappa shape index (κ1) is 17.7. The van der Waals surface area contributed by atoms with Gasteiger partial charge in [-0.25, -0.2) is 0 Å². The largest absolute Gasteiger partial charge is 0.305 e. The van der Waals surface area contributed by atoms with Crippen LogP contribution in [-0.2, 0) is 18.7 Å². The summed E-state index contributed by atoms with van der Waals surface area (Å²) >= 11 is 1.77. The Balaban J connectivity index is 1.77. The number of nitrogens with zero attached hydrogens (tertiary/aromatic N) is 3. The van der Waals surface area contributed by atoms with E-state index in [2.05, 4.69) is 84.1 Å². The fourth-order valence-electron chi connectivity index (χ4n) is 2.72. The molecule has 0 atom stereocenters. The number of benzene rings is 2. The van der Waals surface area contributed by atoms with Crippen LogP contribution in [0.3, 0.4) is 0 Å². The molecule has 4 heteroatoms. The summed E-state index contributed by atoms with van der Waals surface area (Å²) in [6, 6.07) is 19.2. The summed E-state index contributed by atoms with van der Waals surface area (Å²) in [4.78, 5) is 0. The molecule has 0 aliphatic heterocycles. The second-order valence-corrected chi connectivity index (χ2v) is 7.78. The zero-order valence-electron chi connectivity index (χ0n) is 15.1. The first-order valence-corrected chi connectivity index (χ1v) is 9.74. The lowest BCUT2D eigenvalue weighted by molar-refractivity contribution is 0.482. The van der Waals surface area contributed by atoms with E-state index in [1.54, 1.807) is 11.8 Å². The molecule has 0 spiro atoms. The standard InChI is InChI=1S/C21H25N3S/c1-16(2)14-24-20(13-18-7-5-4-6-8-18)22-23-21(24)25-15-19-11-9-17(3)10-12-19/h4-12,16H,13-15H2,1-3H3. The smallest absolute Gasteiger partial charge is 0.191 e. The normalized spacial score (nSPS) is 11.2. The summed E-state index contributed by atoms with van der Waals surface area (Å²) in [6.07, 6.45) is 0.825. The van der Waals surface area contributed by atoms with Crippen LogP contribution in [0.2, 0.25) is 0 Å². The molecule has 130 valence electrons. The number of thioether (sulfide) groups is 1. The third-order valence-electron chi connectivity index (χ3n) is 4.03. The SMILES string of the molecule is Cc1ccc(CSc2nnc(Cc3ccccc3)n2CC(C)C)cc1. The molecule has 0 radical (unpaired) electrons. The molecular formula is C21H25N3S. The van der Waals surface area contributed by atoms with E-state index in [-0.39, 0.29) is 0 Å². The molecule has 0 unspecified atom stereocenters. The molecule has 0 N–H and O–H groups in total. The molecule has 1 aromatic heterocycles. The Morgan fingerprint density at radius 3 is 2.32 bits per heavy atom. The van der Waals surface area contributed by atoms with Crippen molar-refractivity contribution in [3.05, 3.63) is 77.1 Å². The molecule has 3 nitrogen and oxygen atoms in total. The minimum Gasteiger partial charge on any atom is -0.305 e. The molecule has 0 saturated carbocycles. The fourth-order valence-corrected chi connectivity index (χ4v) is 3.64. The van der Waals surface area contributed by atoms with E-state index in [9.17, 15) is 0 Å². The van der Waals surface area contributed by atoms with Gasteiger partial charge in [0.1, 0.15) is 5.82 Å². The molecule has 25 heavy (non-hydrogen) atoms. The van der Waals surface area contributed by atoms with E-state index in [0.717, 1.165) is 29.7 Å². The first-order valence-electron chi connectivity index (χ1n) is 8.76. The van der Waals surface area contributed by atoms with Gasteiger partial charge in [-0.3, -0.25) is 0 Å². The first-order chi connectivity index (χ1) is 12.1. The van der Waals surface area contributed by atoms with Gasteiger partial charge < -0.3 is 4.57 Å². The summed E-state index contributed by atoms with van der Waals surface area (Å²) in [6.45, 7) is 7.54. The van der Waals surface area contributed by atoms with Crippen LogP contribution in [0.15, 0.2) is 59.8 Å². The lowest BCUT2D eigenvalue weighted by Gasteiger charge is -2.12. The second kappa shape index (κ2) is 8.34. The molecule has 2 aromatic carbocycles. The van der Waals surface area contributed by atoms with Crippen LogP contribution in [0, 0.1) is 12.8 Å². The van der Waals surface area contributed by atoms with Crippen molar-refractivity contribution >= 4 is 11.8 Å². The van der Waals surface area contributed by atoms with Gasteiger partial charge in [-0.2, -0.15) is 0 Å². The van der Waals surface area contributed by atoms with Gasteiger partial charge in [0.05, 0.1) is 0 Å². The average molecular weight is 352 g/mol. The van der Waals surface area contributed by atoms with Crippen molar-refractivity contribution in [3.63, 3.8) is 0 Å². The van der Waals surface area contributed by atoms with Crippen LogP contribution in [0.5, 0.6) is 0 Å². The Kier molecular flexibility index (Phi) is 5.92. The average Bonchev–Trinajstić information content (AvgIpc) is 2.96. The molecule has 0 aliphatic carbocycles. The van der Waals surface area contributed by atoms with Crippen LogP contribution < -0.4 is 0 Å². The molecular weight excluding hydrogens is 326 g/mol. The minimum atomic E-state index is 0.559. The summed E-state index contributed by atoms with van der Waals surface area (Å²) in [7, 11) is 0. The minimum absolute atomic E-state index is 0.559. The Bertz CT molecular complexity index is 792. The lowest BCUT2D eigenvalue weighted by atomic mass is 10.1. The van der Waals surface area contributed by atoms with Gasteiger partial charge in [-0.1, -0.05) is 85.8 Å². The van der Waals surface area contributed by atoms with Gasteiger partial charge in [0, 0.05) is 18.7 Å². The molecule has 0 amide bonds. The molecule has 0 bridgehead atoms. The van der Waals surface area contributed by atoms with E-state index >= 15 is 0 Å². The van der Waals surface area contributed by atoms with Crippen molar-refractivity contribution in [1.82, 2.24) is 14.8 Å². The number of aryl methyl sites for hydroxylation is 1. The number of rotatable bonds is 7. The molecule has 0 fully saturated rings. The highest BCUT2D eigenvalue weighted by molar-refractivity contribution is 7.98. The van der Waals surface area contributed by atoms with E-state index < -0.39 is 0 Å². The Hall–Kier alpha value is -2.07. The van der Waals surface area contributed by atoms with Crippen molar-refractivity contribution < 1.29 is 0 Å². The van der Waals surface area contributed by atoms with Gasteiger partial charge in [-0.05, 0) is 24.0 Å². The van der Waals surface area contributed by atoms with Crippen LogP contribution in [-0.4, -0.2) is 14.8 Å². The summed E-state index contributed by atoms with van der Waals surface area (Å²) in [5.74, 6) is 2.53. The quantitative estimate of drug-likeness (QED) is 0.553. The molecule has 3 aromatic rings. The van der Waals surface area contributed by atoms with Crippen molar-refractivity contribution in [2.75, 3.05) is 0 Å². The predicted molar refractivity (Wildman–Crippen MR) is 105 cm³/mol. The Labute approximate surface area is 154 Å². The fraction of sp³-hybridized carbons (Fsp3) is 0.333. The Morgan fingerprint density at radius 1 is 0.920 bits per heavy atom. The lowest BCUT2D eigenvalue weighted by Crippen LogP contribution is -2.10. The highest BCUT2D eigenvalue weighted by atomic mass is 32.2. The van der Waals surface area contributed by atoms with E-state index in [1.807, 2.05) is 6.07 Å². The molecule has 0 saturated heterocycles. The maximum atomic E-state index is 4.48. The van der Waals surface area contributed by atoms with Crippen molar-refractivity contribution in [2.24, 2.45) is 5.92 Å². The van der Waals surface area contributed by atoms with Crippen molar-refractivity contribution in [2.45, 2.75) is 44.6 Å². The van der Waals surface area contributed by atoms with E-state index in [1.165, 1.54) is 16.7 Å². The molecule has 3 rings (SSSR count). The van der Waals surface area contributed by atoms with Gasteiger partial charge in [0.25, 0.3) is 0 Å². The van der Waals surface area contributed by atoms with Crippen LogP contribution >= 0.6 is 11.8 Å². The number of hydrogen-bond acceptors (Lipinski definition) is 3. The Morgan fingerprint density at radius 2 is 1.64 bits per heavy atom. The van der Waals surface area contributed by atoms with Gasteiger partial charge in [-0.15, -0.1) is 10.2 Å². The van der Waals surface area contributed by atoms with Crippen molar-refractivity contribution in [3.8, 4) is 0 Å². The van der Waals surface area contributed by atoms with E-state index in [4.69, 9.17) is 0 Å².